The molecule has 0 aliphatic rings. The number of para-hydroxylation sites is 1. The summed E-state index contributed by atoms with van der Waals surface area (Å²) in [6.07, 6.45) is 0. The van der Waals surface area contributed by atoms with Crippen LogP contribution in [0.15, 0.2) is 54.6 Å². The molecule has 0 saturated heterocycles. The van der Waals surface area contributed by atoms with E-state index in [4.69, 9.17) is 10.5 Å². The Morgan fingerprint density at radius 1 is 1.10 bits per heavy atom. The second-order valence-corrected chi connectivity index (χ2v) is 4.31. The Hall–Kier alpha value is -2.04. The summed E-state index contributed by atoms with van der Waals surface area (Å²) in [7, 11) is 1.32. The maximum Gasteiger partial charge on any atom is 0.327 e. The number of hydrogen-bond acceptors (Lipinski definition) is 4. The molecule has 0 radical (unpaired) electrons. The molecule has 0 bridgehead atoms. The van der Waals surface area contributed by atoms with E-state index < -0.39 is 12.0 Å². The van der Waals surface area contributed by atoms with E-state index in [1.807, 2.05) is 42.5 Å². The lowest BCUT2D eigenvalue weighted by Gasteiger charge is -2.15. The predicted octanol–water partition coefficient (Wildman–Crippen LogP) is 2.86. The first kappa shape index (κ1) is 17.0. The zero-order valence-electron chi connectivity index (χ0n) is 11.7. The van der Waals surface area contributed by atoms with Gasteiger partial charge in [0.1, 0.15) is 18.4 Å². The molecule has 1 atom stereocenters. The number of nitrogens with two attached hydrogens (primary N) is 1. The van der Waals surface area contributed by atoms with Crippen molar-refractivity contribution >= 4 is 18.4 Å². The van der Waals surface area contributed by atoms with Gasteiger partial charge in [0.15, 0.2) is 0 Å². The van der Waals surface area contributed by atoms with E-state index in [0.717, 1.165) is 5.56 Å². The van der Waals surface area contributed by atoms with Crippen molar-refractivity contribution in [2.45, 2.75) is 12.6 Å². The lowest BCUT2D eigenvalue weighted by molar-refractivity contribution is -0.142. The Balaban J connectivity index is 0.00000220. The molecule has 2 aromatic carbocycles. The first-order chi connectivity index (χ1) is 9.72. The van der Waals surface area contributed by atoms with Gasteiger partial charge in [0.2, 0.25) is 0 Å². The molecule has 0 fully saturated rings. The lowest BCUT2D eigenvalue weighted by atomic mass is 10.1. The number of esters is 1. The monoisotopic (exact) mass is 307 g/mol. The molecule has 0 heterocycles. The zero-order valence-corrected chi connectivity index (χ0v) is 12.5. The molecule has 0 aromatic heterocycles. The third-order valence-corrected chi connectivity index (χ3v) is 2.95. The number of rotatable bonds is 5. The van der Waals surface area contributed by atoms with Crippen molar-refractivity contribution in [1.82, 2.24) is 0 Å². The molecule has 4 nitrogen and oxygen atoms in total. The van der Waals surface area contributed by atoms with Crippen LogP contribution in [0.1, 0.15) is 17.2 Å². The van der Waals surface area contributed by atoms with Gasteiger partial charge in [0.25, 0.3) is 0 Å². The second kappa shape index (κ2) is 8.29. The van der Waals surface area contributed by atoms with Gasteiger partial charge in [-0.2, -0.15) is 0 Å². The van der Waals surface area contributed by atoms with Crippen LogP contribution in [0.5, 0.6) is 5.75 Å². The van der Waals surface area contributed by atoms with Crippen molar-refractivity contribution in [2.75, 3.05) is 7.11 Å². The average molecular weight is 308 g/mol. The highest BCUT2D eigenvalue weighted by Crippen LogP contribution is 2.25. The van der Waals surface area contributed by atoms with Crippen LogP contribution in [0.4, 0.5) is 0 Å². The molecule has 0 aliphatic carbocycles. The molecular weight excluding hydrogens is 290 g/mol. The number of carbonyl (C=O) groups excluding carboxylic acids is 1. The van der Waals surface area contributed by atoms with Gasteiger partial charge < -0.3 is 15.2 Å². The molecule has 0 saturated carbocycles. The predicted molar refractivity (Wildman–Crippen MR) is 83.4 cm³/mol. The summed E-state index contributed by atoms with van der Waals surface area (Å²) in [5, 5.41) is 0. The average Bonchev–Trinajstić information content (AvgIpc) is 2.52. The fraction of sp³-hybridized carbons (Fsp3) is 0.188. The summed E-state index contributed by atoms with van der Waals surface area (Å²) in [4.78, 5) is 11.5. The van der Waals surface area contributed by atoms with Crippen LogP contribution in [0.2, 0.25) is 0 Å². The Bertz CT molecular complexity index is 575. The molecule has 0 unspecified atom stereocenters. The topological polar surface area (TPSA) is 61.5 Å². The number of hydrogen-bond donors (Lipinski definition) is 1. The third kappa shape index (κ3) is 4.48. The SMILES string of the molecule is COC(=O)[C@H](N)c1ccccc1OCc1ccccc1.Cl. The molecular formula is C16H18ClNO3. The molecule has 0 aliphatic heterocycles. The van der Waals surface area contributed by atoms with Gasteiger partial charge >= 0.3 is 5.97 Å². The summed E-state index contributed by atoms with van der Waals surface area (Å²) < 4.78 is 10.4. The molecule has 0 spiro atoms. The highest BCUT2D eigenvalue weighted by Gasteiger charge is 2.20. The number of carbonyl (C=O) groups is 1. The molecule has 2 rings (SSSR count). The van der Waals surface area contributed by atoms with Crippen molar-refractivity contribution < 1.29 is 14.3 Å². The summed E-state index contributed by atoms with van der Waals surface area (Å²) >= 11 is 0. The van der Waals surface area contributed by atoms with Crippen LogP contribution in [0.3, 0.4) is 0 Å². The van der Waals surface area contributed by atoms with Crippen molar-refractivity contribution in [3.05, 3.63) is 65.7 Å². The largest absolute Gasteiger partial charge is 0.489 e. The fourth-order valence-corrected chi connectivity index (χ4v) is 1.86. The molecule has 21 heavy (non-hydrogen) atoms. The van der Waals surface area contributed by atoms with E-state index >= 15 is 0 Å². The minimum absolute atomic E-state index is 0. The van der Waals surface area contributed by atoms with E-state index in [0.29, 0.717) is 17.9 Å². The van der Waals surface area contributed by atoms with E-state index in [9.17, 15) is 4.79 Å². The van der Waals surface area contributed by atoms with Crippen LogP contribution in [0.25, 0.3) is 0 Å². The Morgan fingerprint density at radius 2 is 1.71 bits per heavy atom. The van der Waals surface area contributed by atoms with E-state index in [2.05, 4.69) is 4.74 Å². The summed E-state index contributed by atoms with van der Waals surface area (Å²) in [5.41, 5.74) is 7.53. The Kier molecular flexibility index (Phi) is 6.72. The van der Waals surface area contributed by atoms with Gasteiger partial charge in [-0.3, -0.25) is 4.79 Å². The summed E-state index contributed by atoms with van der Waals surface area (Å²) in [5.74, 6) is 0.106. The Morgan fingerprint density at radius 3 is 2.38 bits per heavy atom. The third-order valence-electron chi connectivity index (χ3n) is 2.95. The molecule has 2 N–H and O–H groups in total. The standard InChI is InChI=1S/C16H17NO3.ClH/c1-19-16(18)15(17)13-9-5-6-10-14(13)20-11-12-7-3-2-4-8-12;/h2-10,15H,11,17H2,1H3;1H/t15-;/m1./s1. The molecule has 112 valence electrons. The maximum absolute atomic E-state index is 11.5. The zero-order chi connectivity index (χ0) is 14.4. The lowest BCUT2D eigenvalue weighted by Crippen LogP contribution is -2.23. The second-order valence-electron chi connectivity index (χ2n) is 4.31. The van der Waals surface area contributed by atoms with E-state index in [-0.39, 0.29) is 12.4 Å². The summed E-state index contributed by atoms with van der Waals surface area (Å²) in [6.45, 7) is 0.422. The Labute approximate surface area is 130 Å². The number of ether oxygens (including phenoxy) is 2. The minimum Gasteiger partial charge on any atom is -0.489 e. The first-order valence-corrected chi connectivity index (χ1v) is 6.31. The van der Waals surface area contributed by atoms with E-state index in [1.54, 1.807) is 12.1 Å². The van der Waals surface area contributed by atoms with Gasteiger partial charge in [-0.15, -0.1) is 12.4 Å². The molecule has 2 aromatic rings. The van der Waals surface area contributed by atoms with Crippen molar-refractivity contribution in [1.29, 1.82) is 0 Å². The minimum atomic E-state index is -0.841. The van der Waals surface area contributed by atoms with Gasteiger partial charge in [-0.25, -0.2) is 0 Å². The van der Waals surface area contributed by atoms with Crippen LogP contribution in [-0.4, -0.2) is 13.1 Å². The van der Waals surface area contributed by atoms with Crippen molar-refractivity contribution in [3.63, 3.8) is 0 Å². The molecule has 5 heteroatoms. The van der Waals surface area contributed by atoms with Crippen LogP contribution in [-0.2, 0) is 16.1 Å². The van der Waals surface area contributed by atoms with Gasteiger partial charge in [-0.05, 0) is 11.6 Å². The van der Waals surface area contributed by atoms with Gasteiger partial charge in [-0.1, -0.05) is 48.5 Å². The van der Waals surface area contributed by atoms with E-state index in [1.165, 1.54) is 7.11 Å². The number of methoxy groups -OCH3 is 1. The smallest absolute Gasteiger partial charge is 0.327 e. The van der Waals surface area contributed by atoms with Gasteiger partial charge in [0, 0.05) is 5.56 Å². The van der Waals surface area contributed by atoms with Crippen LogP contribution in [0, 0.1) is 0 Å². The highest BCUT2D eigenvalue weighted by atomic mass is 35.5. The summed E-state index contributed by atoms with van der Waals surface area (Å²) in [6, 6.07) is 16.2. The van der Waals surface area contributed by atoms with Crippen LogP contribution < -0.4 is 10.5 Å². The molecule has 0 amide bonds. The maximum atomic E-state index is 11.5. The van der Waals surface area contributed by atoms with Crippen LogP contribution >= 0.6 is 12.4 Å². The van der Waals surface area contributed by atoms with Crippen molar-refractivity contribution in [3.8, 4) is 5.75 Å². The highest BCUT2D eigenvalue weighted by molar-refractivity contribution is 5.85. The van der Waals surface area contributed by atoms with Crippen molar-refractivity contribution in [2.24, 2.45) is 5.73 Å². The quantitative estimate of drug-likeness (QED) is 0.863. The fourth-order valence-electron chi connectivity index (χ4n) is 1.86. The number of benzene rings is 2. The first-order valence-electron chi connectivity index (χ1n) is 6.31. The number of halogens is 1. The van der Waals surface area contributed by atoms with Gasteiger partial charge in [0.05, 0.1) is 7.11 Å². The normalized spacial score (nSPS) is 11.1.